The number of anilines is 1. The minimum atomic E-state index is 0.398. The molecule has 0 saturated heterocycles. The molecule has 2 atom stereocenters. The van der Waals surface area contributed by atoms with Crippen LogP contribution in [-0.2, 0) is 11.3 Å². The second kappa shape index (κ2) is 6.44. The van der Waals surface area contributed by atoms with E-state index in [4.69, 9.17) is 4.74 Å². The van der Waals surface area contributed by atoms with Crippen molar-refractivity contribution >= 4 is 16.7 Å². The summed E-state index contributed by atoms with van der Waals surface area (Å²) in [5, 5.41) is 4.37. The topological polar surface area (TPSA) is 34.2 Å². The van der Waals surface area contributed by atoms with Gasteiger partial charge in [-0.3, -0.25) is 0 Å². The summed E-state index contributed by atoms with van der Waals surface area (Å²) in [4.78, 5) is 4.69. The molecule has 3 rings (SSSR count). The highest BCUT2D eigenvalue weighted by Crippen LogP contribution is 2.28. The molecule has 1 N–H and O–H groups in total. The van der Waals surface area contributed by atoms with E-state index in [1.165, 1.54) is 31.1 Å². The first-order valence-electron chi connectivity index (χ1n) is 7.96. The van der Waals surface area contributed by atoms with Crippen LogP contribution in [0.3, 0.4) is 0 Å². The molecule has 0 spiro atoms. The van der Waals surface area contributed by atoms with E-state index < -0.39 is 0 Å². The van der Waals surface area contributed by atoms with E-state index in [-0.39, 0.29) is 0 Å². The van der Waals surface area contributed by atoms with Crippen molar-refractivity contribution in [1.82, 2.24) is 4.98 Å². The van der Waals surface area contributed by atoms with Crippen molar-refractivity contribution in [3.8, 4) is 0 Å². The number of hydrogen-bond donors (Lipinski definition) is 1. The van der Waals surface area contributed by atoms with E-state index in [2.05, 4.69) is 35.4 Å². The normalized spacial score (nSPS) is 22.4. The fourth-order valence-corrected chi connectivity index (χ4v) is 3.21. The van der Waals surface area contributed by atoms with Gasteiger partial charge in [-0.05, 0) is 30.9 Å². The first kappa shape index (κ1) is 14.3. The van der Waals surface area contributed by atoms with Gasteiger partial charge in [-0.25, -0.2) is 4.98 Å². The highest BCUT2D eigenvalue weighted by atomic mass is 16.5. The summed E-state index contributed by atoms with van der Waals surface area (Å²) in [6.45, 7) is 2.95. The number of nitrogens with one attached hydrogen (secondary N) is 1. The molecule has 1 aliphatic rings. The molecule has 1 fully saturated rings. The average Bonchev–Trinajstić information content (AvgIpc) is 2.53. The van der Waals surface area contributed by atoms with Crippen LogP contribution in [0.2, 0.25) is 0 Å². The number of hydrogen-bond acceptors (Lipinski definition) is 3. The van der Waals surface area contributed by atoms with Gasteiger partial charge in [0.2, 0.25) is 0 Å². The van der Waals surface area contributed by atoms with Crippen LogP contribution in [0.1, 0.15) is 38.2 Å². The molecule has 1 aromatic heterocycles. The minimum Gasteiger partial charge on any atom is -0.373 e. The Hall–Kier alpha value is -1.61. The van der Waals surface area contributed by atoms with Crippen LogP contribution in [0.5, 0.6) is 0 Å². The molecule has 1 saturated carbocycles. The number of pyridine rings is 1. The maximum atomic E-state index is 6.19. The van der Waals surface area contributed by atoms with Crippen molar-refractivity contribution in [1.29, 1.82) is 0 Å². The number of rotatable bonds is 4. The maximum absolute atomic E-state index is 6.19. The van der Waals surface area contributed by atoms with Gasteiger partial charge >= 0.3 is 0 Å². The molecule has 0 amide bonds. The van der Waals surface area contributed by atoms with Crippen molar-refractivity contribution in [3.63, 3.8) is 0 Å². The molecule has 1 aliphatic carbocycles. The zero-order chi connectivity index (χ0) is 14.7. The highest BCUT2D eigenvalue weighted by Gasteiger charge is 2.22. The number of para-hydroxylation sites is 1. The summed E-state index contributed by atoms with van der Waals surface area (Å²) in [6, 6.07) is 10.4. The second-order valence-corrected chi connectivity index (χ2v) is 6.05. The Balaban J connectivity index is 1.79. The number of aromatic nitrogens is 1. The summed E-state index contributed by atoms with van der Waals surface area (Å²) in [6.07, 6.45) is 5.52. The van der Waals surface area contributed by atoms with Crippen LogP contribution in [0.4, 0.5) is 5.82 Å². The van der Waals surface area contributed by atoms with Crippen molar-refractivity contribution in [3.05, 3.63) is 35.9 Å². The number of nitrogens with zero attached hydrogens (tertiary/aromatic N) is 1. The molecular formula is C18H24N2O. The molecule has 2 unspecified atom stereocenters. The van der Waals surface area contributed by atoms with E-state index in [9.17, 15) is 0 Å². The van der Waals surface area contributed by atoms with Crippen LogP contribution < -0.4 is 5.32 Å². The zero-order valence-electron chi connectivity index (χ0n) is 12.9. The lowest BCUT2D eigenvalue weighted by Gasteiger charge is -2.29. The van der Waals surface area contributed by atoms with Crippen LogP contribution in [0, 0.1) is 5.92 Å². The smallest absolute Gasteiger partial charge is 0.131 e. The molecule has 112 valence electrons. The predicted molar refractivity (Wildman–Crippen MR) is 87.5 cm³/mol. The van der Waals surface area contributed by atoms with Crippen LogP contribution >= 0.6 is 0 Å². The van der Waals surface area contributed by atoms with Crippen LogP contribution in [0.15, 0.2) is 30.3 Å². The van der Waals surface area contributed by atoms with Gasteiger partial charge in [0.1, 0.15) is 5.82 Å². The number of benzene rings is 1. The van der Waals surface area contributed by atoms with Gasteiger partial charge in [-0.1, -0.05) is 38.0 Å². The SMILES string of the molecule is CNc1nc2ccccc2cc1COC1CCCCC1C. The Kier molecular flexibility index (Phi) is 4.39. The molecule has 21 heavy (non-hydrogen) atoms. The second-order valence-electron chi connectivity index (χ2n) is 6.05. The summed E-state index contributed by atoms with van der Waals surface area (Å²) in [5.41, 5.74) is 2.17. The Morgan fingerprint density at radius 3 is 2.86 bits per heavy atom. The molecule has 3 nitrogen and oxygen atoms in total. The van der Waals surface area contributed by atoms with E-state index >= 15 is 0 Å². The Morgan fingerprint density at radius 2 is 2.05 bits per heavy atom. The van der Waals surface area contributed by atoms with E-state index in [1.807, 2.05) is 19.2 Å². The van der Waals surface area contributed by atoms with Crippen molar-refractivity contribution in [2.45, 2.75) is 45.3 Å². The van der Waals surface area contributed by atoms with Crippen LogP contribution in [-0.4, -0.2) is 18.1 Å². The Bertz CT molecular complexity index is 611. The van der Waals surface area contributed by atoms with Crippen molar-refractivity contribution < 1.29 is 4.74 Å². The quantitative estimate of drug-likeness (QED) is 0.905. The Morgan fingerprint density at radius 1 is 1.24 bits per heavy atom. The molecule has 0 aliphatic heterocycles. The third-order valence-electron chi connectivity index (χ3n) is 4.53. The highest BCUT2D eigenvalue weighted by molar-refractivity contribution is 5.81. The maximum Gasteiger partial charge on any atom is 0.131 e. The van der Waals surface area contributed by atoms with Gasteiger partial charge in [0.15, 0.2) is 0 Å². The van der Waals surface area contributed by atoms with Crippen molar-refractivity contribution in [2.75, 3.05) is 12.4 Å². The van der Waals surface area contributed by atoms with Gasteiger partial charge in [-0.15, -0.1) is 0 Å². The largest absolute Gasteiger partial charge is 0.373 e. The number of fused-ring (bicyclic) bond motifs is 1. The van der Waals surface area contributed by atoms with Crippen LogP contribution in [0.25, 0.3) is 10.9 Å². The average molecular weight is 284 g/mol. The van der Waals surface area contributed by atoms with Gasteiger partial charge < -0.3 is 10.1 Å². The monoisotopic (exact) mass is 284 g/mol. The fraction of sp³-hybridized carbons (Fsp3) is 0.500. The van der Waals surface area contributed by atoms with E-state index in [0.717, 1.165) is 16.9 Å². The van der Waals surface area contributed by atoms with Gasteiger partial charge in [0.05, 0.1) is 18.2 Å². The molecule has 1 heterocycles. The molecular weight excluding hydrogens is 260 g/mol. The summed E-state index contributed by atoms with van der Waals surface area (Å²) < 4.78 is 6.19. The first-order chi connectivity index (χ1) is 10.3. The summed E-state index contributed by atoms with van der Waals surface area (Å²) in [5.74, 6) is 1.60. The minimum absolute atomic E-state index is 0.398. The summed E-state index contributed by atoms with van der Waals surface area (Å²) in [7, 11) is 1.92. The first-order valence-corrected chi connectivity index (χ1v) is 7.96. The third kappa shape index (κ3) is 3.18. The molecule has 2 aromatic rings. The Labute approximate surface area is 126 Å². The van der Waals surface area contributed by atoms with Gasteiger partial charge in [0, 0.05) is 18.0 Å². The van der Waals surface area contributed by atoms with Crippen molar-refractivity contribution in [2.24, 2.45) is 5.92 Å². The molecule has 0 radical (unpaired) electrons. The molecule has 1 aromatic carbocycles. The number of ether oxygens (including phenoxy) is 1. The van der Waals surface area contributed by atoms with Gasteiger partial charge in [0.25, 0.3) is 0 Å². The van der Waals surface area contributed by atoms with Gasteiger partial charge in [-0.2, -0.15) is 0 Å². The molecule has 0 bridgehead atoms. The predicted octanol–water partition coefficient (Wildman–Crippen LogP) is 4.37. The standard InChI is InChI=1S/C18H24N2O/c1-13-7-3-6-10-17(13)21-12-15-11-14-8-4-5-9-16(14)20-18(15)19-2/h4-5,8-9,11,13,17H,3,6-7,10,12H2,1-2H3,(H,19,20). The third-order valence-corrected chi connectivity index (χ3v) is 4.53. The van der Waals surface area contributed by atoms with E-state index in [0.29, 0.717) is 18.6 Å². The zero-order valence-corrected chi connectivity index (χ0v) is 12.9. The fourth-order valence-electron chi connectivity index (χ4n) is 3.21. The lowest BCUT2D eigenvalue weighted by molar-refractivity contribution is -0.0152. The summed E-state index contributed by atoms with van der Waals surface area (Å²) >= 11 is 0. The lowest BCUT2D eigenvalue weighted by Crippen LogP contribution is -2.25. The molecule has 3 heteroatoms. The van der Waals surface area contributed by atoms with E-state index in [1.54, 1.807) is 0 Å². The lowest BCUT2D eigenvalue weighted by atomic mass is 9.88.